The molecule has 1 heterocycles. The van der Waals surface area contributed by atoms with E-state index in [4.69, 9.17) is 0 Å². The van der Waals surface area contributed by atoms with Crippen LogP contribution in [0.15, 0.2) is 42.5 Å². The molecule has 5 heteroatoms. The molecule has 4 rings (SSSR count). The Bertz CT molecular complexity index is 964. The first-order chi connectivity index (χ1) is 16.1. The fourth-order valence-electron chi connectivity index (χ4n) is 5.18. The highest BCUT2D eigenvalue weighted by atomic mass is 16.2. The maximum Gasteiger partial charge on any atom is 0.251 e. The quantitative estimate of drug-likeness (QED) is 0.577. The van der Waals surface area contributed by atoms with Gasteiger partial charge in [-0.05, 0) is 80.2 Å². The van der Waals surface area contributed by atoms with Gasteiger partial charge in [-0.15, -0.1) is 0 Å². The van der Waals surface area contributed by atoms with E-state index in [1.54, 1.807) is 0 Å². The molecule has 2 aromatic rings. The summed E-state index contributed by atoms with van der Waals surface area (Å²) in [5.41, 5.74) is 5.16. The lowest BCUT2D eigenvalue weighted by Gasteiger charge is -2.31. The Labute approximate surface area is 198 Å². The number of carbonyl (C=O) groups excluding carboxylic acids is 2. The molecule has 33 heavy (non-hydrogen) atoms. The molecule has 2 aliphatic rings. The first kappa shape index (κ1) is 23.5. The smallest absolute Gasteiger partial charge is 0.251 e. The summed E-state index contributed by atoms with van der Waals surface area (Å²) in [7, 11) is 2.22. The minimum atomic E-state index is -0.00968. The molecule has 0 radical (unpaired) electrons. The van der Waals surface area contributed by atoms with Crippen LogP contribution in [0.25, 0.3) is 11.1 Å². The second kappa shape index (κ2) is 11.0. The fraction of sp³-hybridized carbons (Fsp3) is 0.500. The highest BCUT2D eigenvalue weighted by Gasteiger charge is 2.23. The van der Waals surface area contributed by atoms with Gasteiger partial charge in [0, 0.05) is 36.8 Å². The lowest BCUT2D eigenvalue weighted by molar-refractivity contribution is -0.118. The fourth-order valence-corrected chi connectivity index (χ4v) is 5.18. The molecule has 1 saturated carbocycles. The summed E-state index contributed by atoms with van der Waals surface area (Å²) in [5.74, 6) is 0.169. The van der Waals surface area contributed by atoms with Gasteiger partial charge in [0.25, 0.3) is 5.91 Å². The van der Waals surface area contributed by atoms with Crippen LogP contribution in [-0.2, 0) is 11.2 Å². The molecule has 0 atom stereocenters. The van der Waals surface area contributed by atoms with Crippen molar-refractivity contribution in [1.29, 1.82) is 0 Å². The number of nitrogens with zero attached hydrogens (tertiary/aromatic N) is 2. The summed E-state index contributed by atoms with van der Waals surface area (Å²) in [4.78, 5) is 29.0. The molecular formula is C28H37N3O2. The molecule has 1 fully saturated rings. The topological polar surface area (TPSA) is 52.7 Å². The van der Waals surface area contributed by atoms with Gasteiger partial charge in [-0.1, -0.05) is 44.4 Å². The zero-order chi connectivity index (χ0) is 23.2. The normalized spacial score (nSPS) is 16.2. The zero-order valence-corrected chi connectivity index (χ0v) is 20.1. The summed E-state index contributed by atoms with van der Waals surface area (Å²) in [6.07, 6.45) is 9.11. The van der Waals surface area contributed by atoms with Crippen LogP contribution < -0.4 is 10.2 Å². The standard InChI is InChI=1S/C28H37N3O2/c1-3-27(32)31-19-16-24-20-23(14-15-26(24)31)21-10-12-22(13-11-21)28(33)29-17-7-18-30(2)25-8-5-4-6-9-25/h10-15,20,25H,3-9,16-19H2,1-2H3,(H,29,33). The van der Waals surface area contributed by atoms with Crippen LogP contribution >= 0.6 is 0 Å². The van der Waals surface area contributed by atoms with Gasteiger partial charge in [-0.3, -0.25) is 9.59 Å². The van der Waals surface area contributed by atoms with Crippen LogP contribution in [0.4, 0.5) is 5.69 Å². The summed E-state index contributed by atoms with van der Waals surface area (Å²) >= 11 is 0. The van der Waals surface area contributed by atoms with Crippen molar-refractivity contribution in [2.45, 2.75) is 64.3 Å². The molecule has 0 aromatic heterocycles. The van der Waals surface area contributed by atoms with E-state index in [1.165, 1.54) is 37.7 Å². The third-order valence-electron chi connectivity index (χ3n) is 7.23. The van der Waals surface area contributed by atoms with Crippen LogP contribution in [0.5, 0.6) is 0 Å². The first-order valence-electron chi connectivity index (χ1n) is 12.6. The van der Waals surface area contributed by atoms with E-state index in [0.29, 0.717) is 18.5 Å². The Morgan fingerprint density at radius 1 is 1.03 bits per heavy atom. The summed E-state index contributed by atoms with van der Waals surface area (Å²) in [6.45, 7) is 4.41. The van der Waals surface area contributed by atoms with Crippen molar-refractivity contribution in [2.24, 2.45) is 0 Å². The van der Waals surface area contributed by atoms with Gasteiger partial charge in [0.15, 0.2) is 0 Å². The number of nitrogens with one attached hydrogen (secondary N) is 1. The number of hydrogen-bond acceptors (Lipinski definition) is 3. The molecule has 2 amide bonds. The Kier molecular flexibility index (Phi) is 7.81. The summed E-state index contributed by atoms with van der Waals surface area (Å²) < 4.78 is 0. The SMILES string of the molecule is CCC(=O)N1CCc2cc(-c3ccc(C(=O)NCCCN(C)C4CCCCC4)cc3)ccc21. The van der Waals surface area contributed by atoms with E-state index in [2.05, 4.69) is 35.5 Å². The molecule has 1 aliphatic carbocycles. The number of amides is 2. The number of carbonyl (C=O) groups is 2. The Balaban J connectivity index is 1.28. The van der Waals surface area contributed by atoms with Crippen molar-refractivity contribution in [3.05, 3.63) is 53.6 Å². The highest BCUT2D eigenvalue weighted by molar-refractivity contribution is 5.96. The number of anilines is 1. The van der Waals surface area contributed by atoms with E-state index in [0.717, 1.165) is 48.8 Å². The monoisotopic (exact) mass is 447 g/mol. The van der Waals surface area contributed by atoms with Gasteiger partial charge < -0.3 is 15.1 Å². The van der Waals surface area contributed by atoms with Crippen molar-refractivity contribution < 1.29 is 9.59 Å². The maximum atomic E-state index is 12.6. The number of benzene rings is 2. The highest BCUT2D eigenvalue weighted by Crippen LogP contribution is 2.32. The van der Waals surface area contributed by atoms with Crippen molar-refractivity contribution in [3.63, 3.8) is 0 Å². The van der Waals surface area contributed by atoms with E-state index < -0.39 is 0 Å². The van der Waals surface area contributed by atoms with E-state index in [9.17, 15) is 9.59 Å². The number of fused-ring (bicyclic) bond motifs is 1. The Morgan fingerprint density at radius 2 is 1.76 bits per heavy atom. The van der Waals surface area contributed by atoms with Crippen LogP contribution in [0.2, 0.25) is 0 Å². The lowest BCUT2D eigenvalue weighted by Crippen LogP contribution is -2.35. The van der Waals surface area contributed by atoms with E-state index in [-0.39, 0.29) is 11.8 Å². The van der Waals surface area contributed by atoms with E-state index in [1.807, 2.05) is 36.1 Å². The molecule has 0 bridgehead atoms. The van der Waals surface area contributed by atoms with Crippen LogP contribution in [-0.4, -0.2) is 49.4 Å². The molecule has 176 valence electrons. The average molecular weight is 448 g/mol. The Morgan fingerprint density at radius 3 is 2.48 bits per heavy atom. The average Bonchev–Trinajstić information content (AvgIpc) is 3.30. The van der Waals surface area contributed by atoms with Gasteiger partial charge in [0.2, 0.25) is 5.91 Å². The van der Waals surface area contributed by atoms with Crippen molar-refractivity contribution in [3.8, 4) is 11.1 Å². The van der Waals surface area contributed by atoms with E-state index >= 15 is 0 Å². The molecule has 1 N–H and O–H groups in total. The molecule has 2 aromatic carbocycles. The number of rotatable bonds is 8. The molecule has 0 spiro atoms. The van der Waals surface area contributed by atoms with Crippen LogP contribution in [0, 0.1) is 0 Å². The Hall–Kier alpha value is -2.66. The third-order valence-corrected chi connectivity index (χ3v) is 7.23. The molecule has 1 aliphatic heterocycles. The predicted octanol–water partition coefficient (Wildman–Crippen LogP) is 5.04. The number of hydrogen-bond donors (Lipinski definition) is 1. The van der Waals surface area contributed by atoms with Crippen LogP contribution in [0.3, 0.4) is 0 Å². The van der Waals surface area contributed by atoms with Gasteiger partial charge >= 0.3 is 0 Å². The minimum absolute atomic E-state index is 0.00968. The largest absolute Gasteiger partial charge is 0.352 e. The zero-order valence-electron chi connectivity index (χ0n) is 20.1. The second-order valence-corrected chi connectivity index (χ2v) is 9.45. The van der Waals surface area contributed by atoms with Gasteiger partial charge in [-0.2, -0.15) is 0 Å². The third kappa shape index (κ3) is 5.64. The van der Waals surface area contributed by atoms with Gasteiger partial charge in [0.05, 0.1) is 0 Å². The summed E-state index contributed by atoms with van der Waals surface area (Å²) in [5, 5.41) is 3.07. The van der Waals surface area contributed by atoms with Crippen molar-refractivity contribution >= 4 is 17.5 Å². The summed E-state index contributed by atoms with van der Waals surface area (Å²) in [6, 6.07) is 14.8. The van der Waals surface area contributed by atoms with Crippen LogP contribution in [0.1, 0.15) is 67.8 Å². The van der Waals surface area contributed by atoms with Gasteiger partial charge in [-0.25, -0.2) is 0 Å². The lowest BCUT2D eigenvalue weighted by atomic mass is 9.94. The molecule has 0 unspecified atom stereocenters. The second-order valence-electron chi connectivity index (χ2n) is 9.45. The van der Waals surface area contributed by atoms with Gasteiger partial charge in [0.1, 0.15) is 0 Å². The maximum absolute atomic E-state index is 12.6. The van der Waals surface area contributed by atoms with Crippen molar-refractivity contribution in [2.75, 3.05) is 31.6 Å². The van der Waals surface area contributed by atoms with Crippen molar-refractivity contribution in [1.82, 2.24) is 10.2 Å². The molecular weight excluding hydrogens is 410 g/mol. The predicted molar refractivity (Wildman–Crippen MR) is 135 cm³/mol. The first-order valence-corrected chi connectivity index (χ1v) is 12.6. The minimum Gasteiger partial charge on any atom is -0.352 e. The molecule has 0 saturated heterocycles. The molecule has 5 nitrogen and oxygen atoms in total.